The smallest absolute Gasteiger partial charge is 0.172 e. The van der Waals surface area contributed by atoms with Gasteiger partial charge >= 0.3 is 0 Å². The summed E-state index contributed by atoms with van der Waals surface area (Å²) < 4.78 is 29.1. The normalized spacial score (nSPS) is 12.7. The number of rotatable bonds is 8. The highest BCUT2D eigenvalue weighted by Gasteiger charge is 2.20. The number of benzene rings is 1. The Bertz CT molecular complexity index is 383. The minimum absolute atomic E-state index is 0.0344. The van der Waals surface area contributed by atoms with Crippen molar-refractivity contribution in [3.63, 3.8) is 0 Å². The number of methoxy groups -OCH3 is 3. The van der Waals surface area contributed by atoms with Crippen molar-refractivity contribution in [2.24, 2.45) is 0 Å². The summed E-state index contributed by atoms with van der Waals surface area (Å²) >= 11 is 0. The van der Waals surface area contributed by atoms with Gasteiger partial charge in [0.1, 0.15) is 0 Å². The summed E-state index contributed by atoms with van der Waals surface area (Å²) in [4.78, 5) is 0. The average molecular weight is 271 g/mol. The van der Waals surface area contributed by atoms with Crippen molar-refractivity contribution in [3.05, 3.63) is 29.6 Å². The van der Waals surface area contributed by atoms with Gasteiger partial charge < -0.3 is 19.5 Å². The van der Waals surface area contributed by atoms with Crippen LogP contribution in [0, 0.1) is 5.82 Å². The third kappa shape index (κ3) is 4.45. The van der Waals surface area contributed by atoms with Gasteiger partial charge in [0.15, 0.2) is 17.9 Å². The fourth-order valence-electron chi connectivity index (χ4n) is 2.04. The highest BCUT2D eigenvalue weighted by Crippen LogP contribution is 2.19. The van der Waals surface area contributed by atoms with Crippen LogP contribution in [0.1, 0.15) is 12.5 Å². The van der Waals surface area contributed by atoms with Crippen molar-refractivity contribution in [2.75, 3.05) is 27.9 Å². The van der Waals surface area contributed by atoms with Crippen molar-refractivity contribution in [3.8, 4) is 5.75 Å². The second-order valence-corrected chi connectivity index (χ2v) is 4.18. The van der Waals surface area contributed by atoms with E-state index in [1.807, 2.05) is 13.0 Å². The largest absolute Gasteiger partial charge is 0.494 e. The second kappa shape index (κ2) is 8.09. The topological polar surface area (TPSA) is 39.7 Å². The van der Waals surface area contributed by atoms with Crippen LogP contribution in [0.15, 0.2) is 18.2 Å². The molecule has 0 aliphatic heterocycles. The molecule has 1 rings (SSSR count). The van der Waals surface area contributed by atoms with Crippen molar-refractivity contribution < 1.29 is 18.6 Å². The minimum Gasteiger partial charge on any atom is -0.494 e. The molecular formula is C14H22FNO3. The van der Waals surface area contributed by atoms with E-state index in [9.17, 15) is 4.39 Å². The highest BCUT2D eigenvalue weighted by molar-refractivity contribution is 5.29. The molecule has 0 saturated heterocycles. The summed E-state index contributed by atoms with van der Waals surface area (Å²) in [6, 6.07) is 4.91. The van der Waals surface area contributed by atoms with Gasteiger partial charge in [-0.05, 0) is 30.7 Å². The Morgan fingerprint density at radius 1 is 1.21 bits per heavy atom. The number of hydrogen-bond donors (Lipinski definition) is 1. The second-order valence-electron chi connectivity index (χ2n) is 4.18. The van der Waals surface area contributed by atoms with Crippen molar-refractivity contribution >= 4 is 0 Å². The van der Waals surface area contributed by atoms with E-state index < -0.39 is 0 Å². The monoisotopic (exact) mass is 271 g/mol. The molecule has 0 aliphatic rings. The molecule has 1 aromatic carbocycles. The zero-order valence-corrected chi connectivity index (χ0v) is 11.9. The van der Waals surface area contributed by atoms with E-state index in [-0.39, 0.29) is 23.9 Å². The molecule has 1 atom stereocenters. The first-order valence-corrected chi connectivity index (χ1v) is 6.27. The molecule has 1 N–H and O–H groups in total. The number of likely N-dealkylation sites (N-methyl/N-ethyl adjacent to an activating group) is 1. The van der Waals surface area contributed by atoms with Gasteiger partial charge in [0.05, 0.1) is 13.2 Å². The minimum atomic E-state index is -0.370. The van der Waals surface area contributed by atoms with E-state index in [2.05, 4.69) is 5.32 Å². The average Bonchev–Trinajstić information content (AvgIpc) is 2.40. The lowest BCUT2D eigenvalue weighted by atomic mass is 10.0. The molecule has 4 nitrogen and oxygen atoms in total. The first kappa shape index (κ1) is 15.9. The van der Waals surface area contributed by atoms with E-state index in [1.54, 1.807) is 20.3 Å². The number of nitrogens with one attached hydrogen (secondary N) is 1. The molecule has 0 heterocycles. The maximum Gasteiger partial charge on any atom is 0.172 e. The van der Waals surface area contributed by atoms with Crippen LogP contribution < -0.4 is 10.1 Å². The molecule has 0 aliphatic carbocycles. The van der Waals surface area contributed by atoms with Crippen molar-refractivity contribution in [1.82, 2.24) is 5.32 Å². The van der Waals surface area contributed by atoms with Crippen LogP contribution >= 0.6 is 0 Å². The number of halogens is 1. The number of ether oxygens (including phenoxy) is 3. The zero-order chi connectivity index (χ0) is 14.3. The summed E-state index contributed by atoms with van der Waals surface area (Å²) in [5, 5.41) is 3.28. The van der Waals surface area contributed by atoms with Crippen LogP contribution in [0.25, 0.3) is 0 Å². The molecule has 0 amide bonds. The first-order valence-electron chi connectivity index (χ1n) is 6.27. The Balaban J connectivity index is 2.81. The lowest BCUT2D eigenvalue weighted by Crippen LogP contribution is -2.43. The van der Waals surface area contributed by atoms with Gasteiger partial charge in [-0.2, -0.15) is 0 Å². The molecule has 0 fully saturated rings. The van der Waals surface area contributed by atoms with E-state index in [4.69, 9.17) is 14.2 Å². The summed E-state index contributed by atoms with van der Waals surface area (Å²) in [5.74, 6) is -0.111. The summed E-state index contributed by atoms with van der Waals surface area (Å²) in [5.41, 5.74) is 0.864. The van der Waals surface area contributed by atoms with Gasteiger partial charge in [0.2, 0.25) is 0 Å². The zero-order valence-electron chi connectivity index (χ0n) is 11.9. The highest BCUT2D eigenvalue weighted by atomic mass is 19.1. The van der Waals surface area contributed by atoms with Gasteiger partial charge in [-0.1, -0.05) is 13.0 Å². The molecule has 0 saturated carbocycles. The van der Waals surface area contributed by atoms with E-state index >= 15 is 0 Å². The molecule has 0 bridgehead atoms. The Labute approximate surface area is 113 Å². The maximum absolute atomic E-state index is 13.6. The fourth-order valence-corrected chi connectivity index (χ4v) is 2.04. The Kier molecular flexibility index (Phi) is 6.77. The lowest BCUT2D eigenvalue weighted by molar-refractivity contribution is -0.122. The quantitative estimate of drug-likeness (QED) is 0.734. The summed E-state index contributed by atoms with van der Waals surface area (Å²) in [7, 11) is 4.63. The SMILES string of the molecule is CCNC(Cc1ccc(OC)c(F)c1)C(OC)OC. The van der Waals surface area contributed by atoms with Crippen molar-refractivity contribution in [1.29, 1.82) is 0 Å². The van der Waals surface area contributed by atoms with Crippen LogP contribution in [0.4, 0.5) is 4.39 Å². The van der Waals surface area contributed by atoms with Gasteiger partial charge in [-0.15, -0.1) is 0 Å². The lowest BCUT2D eigenvalue weighted by Gasteiger charge is -2.25. The van der Waals surface area contributed by atoms with Crippen LogP contribution in [0.2, 0.25) is 0 Å². The molecule has 0 radical (unpaired) electrons. The molecular weight excluding hydrogens is 249 g/mol. The van der Waals surface area contributed by atoms with Crippen LogP contribution in [-0.4, -0.2) is 40.2 Å². The Hall–Kier alpha value is -1.17. The Morgan fingerprint density at radius 3 is 2.37 bits per heavy atom. The van der Waals surface area contributed by atoms with E-state index in [0.717, 1.165) is 12.1 Å². The molecule has 1 unspecified atom stereocenters. The van der Waals surface area contributed by atoms with Gasteiger partial charge in [0, 0.05) is 14.2 Å². The molecule has 5 heteroatoms. The standard InChI is InChI=1S/C14H22FNO3/c1-5-16-12(14(18-3)19-4)9-10-6-7-13(17-2)11(15)8-10/h6-8,12,14,16H,5,9H2,1-4H3. The molecule has 0 spiro atoms. The molecule has 108 valence electrons. The van der Waals surface area contributed by atoms with Gasteiger partial charge in [0.25, 0.3) is 0 Å². The summed E-state index contributed by atoms with van der Waals surface area (Å²) in [6.07, 6.45) is 0.242. The maximum atomic E-state index is 13.6. The Morgan fingerprint density at radius 2 is 1.89 bits per heavy atom. The van der Waals surface area contributed by atoms with Crippen LogP contribution in [0.3, 0.4) is 0 Å². The predicted molar refractivity (Wildman–Crippen MR) is 71.9 cm³/mol. The molecule has 1 aromatic rings. The summed E-state index contributed by atoms with van der Waals surface area (Å²) in [6.45, 7) is 2.79. The van der Waals surface area contributed by atoms with Gasteiger partial charge in [-0.25, -0.2) is 4.39 Å². The third-order valence-corrected chi connectivity index (χ3v) is 2.93. The molecule has 0 aromatic heterocycles. The predicted octanol–water partition coefficient (Wildman–Crippen LogP) is 1.97. The van der Waals surface area contributed by atoms with Crippen LogP contribution in [-0.2, 0) is 15.9 Å². The molecule has 19 heavy (non-hydrogen) atoms. The first-order chi connectivity index (χ1) is 9.15. The van der Waals surface area contributed by atoms with E-state index in [1.165, 1.54) is 13.2 Å². The van der Waals surface area contributed by atoms with Gasteiger partial charge in [-0.3, -0.25) is 0 Å². The number of hydrogen-bond acceptors (Lipinski definition) is 4. The fraction of sp³-hybridized carbons (Fsp3) is 0.571. The third-order valence-electron chi connectivity index (χ3n) is 2.93. The van der Waals surface area contributed by atoms with E-state index in [0.29, 0.717) is 6.42 Å². The van der Waals surface area contributed by atoms with Crippen LogP contribution in [0.5, 0.6) is 5.75 Å². The van der Waals surface area contributed by atoms with Crippen molar-refractivity contribution in [2.45, 2.75) is 25.7 Å².